The van der Waals surface area contributed by atoms with Gasteiger partial charge in [0.25, 0.3) is 11.8 Å². The van der Waals surface area contributed by atoms with Crippen LogP contribution in [0, 0.1) is 0 Å². The summed E-state index contributed by atoms with van der Waals surface area (Å²) in [4.78, 5) is 11.5. The molecule has 0 heterocycles. The topological polar surface area (TPSA) is 75.4 Å². The van der Waals surface area contributed by atoms with Gasteiger partial charge in [-0.2, -0.15) is 0 Å². The van der Waals surface area contributed by atoms with E-state index in [0.29, 0.717) is 10.2 Å². The fourth-order valence-electron chi connectivity index (χ4n) is 1.11. The molecule has 1 rings (SSSR count). The fourth-order valence-corrected chi connectivity index (χ4v) is 1.62. The molecule has 0 aliphatic carbocycles. The molecule has 17 heavy (non-hydrogen) atoms. The molecule has 0 saturated heterocycles. The Morgan fingerprint density at radius 1 is 1.47 bits per heavy atom. The average Bonchev–Trinajstić information content (AvgIpc) is 2.24. The van der Waals surface area contributed by atoms with Crippen molar-refractivity contribution in [2.24, 2.45) is 0 Å². The van der Waals surface area contributed by atoms with E-state index in [1.165, 1.54) is 12.1 Å². The van der Waals surface area contributed by atoms with Gasteiger partial charge in [0.2, 0.25) is 0 Å². The van der Waals surface area contributed by atoms with Crippen molar-refractivity contribution in [3.63, 3.8) is 0 Å². The molecule has 0 fully saturated rings. The first-order valence-corrected chi connectivity index (χ1v) is 5.46. The number of benzene rings is 1. The van der Waals surface area contributed by atoms with E-state index in [9.17, 15) is 13.6 Å². The van der Waals surface area contributed by atoms with E-state index < -0.39 is 25.0 Å². The highest BCUT2D eigenvalue weighted by molar-refractivity contribution is 9.10. The number of nitrogens with one attached hydrogen (secondary N) is 1. The molecule has 0 saturated carbocycles. The van der Waals surface area contributed by atoms with Crippen molar-refractivity contribution in [2.75, 3.05) is 18.9 Å². The molecule has 1 aromatic rings. The van der Waals surface area contributed by atoms with Crippen molar-refractivity contribution >= 4 is 27.5 Å². The summed E-state index contributed by atoms with van der Waals surface area (Å²) in [5, 5.41) is 10.4. The van der Waals surface area contributed by atoms with Gasteiger partial charge in [-0.25, -0.2) is 8.78 Å². The van der Waals surface area contributed by atoms with Gasteiger partial charge in [-0.3, -0.25) is 4.79 Å². The summed E-state index contributed by atoms with van der Waals surface area (Å²) in [6, 6.07) is 4.42. The normalized spacial score (nSPS) is 11.3. The number of hydrogen-bond acceptors (Lipinski definition) is 3. The van der Waals surface area contributed by atoms with E-state index in [1.54, 1.807) is 6.07 Å². The van der Waals surface area contributed by atoms with Crippen LogP contribution in [0.4, 0.5) is 14.5 Å². The third-order valence-electron chi connectivity index (χ3n) is 1.92. The molecule has 0 atom stereocenters. The molecule has 0 bridgehead atoms. The second kappa shape index (κ2) is 5.42. The van der Waals surface area contributed by atoms with E-state index in [4.69, 9.17) is 10.8 Å². The fraction of sp³-hybridized carbons (Fsp3) is 0.300. The summed E-state index contributed by atoms with van der Waals surface area (Å²) < 4.78 is 26.0. The highest BCUT2D eigenvalue weighted by Crippen LogP contribution is 2.17. The number of rotatable bonds is 4. The monoisotopic (exact) mass is 308 g/mol. The number of halogens is 3. The Labute approximate surface area is 105 Å². The van der Waals surface area contributed by atoms with E-state index in [-0.39, 0.29) is 5.56 Å². The van der Waals surface area contributed by atoms with Gasteiger partial charge in [0.05, 0.1) is 6.54 Å². The van der Waals surface area contributed by atoms with Crippen molar-refractivity contribution in [3.05, 3.63) is 28.2 Å². The molecule has 0 aliphatic heterocycles. The van der Waals surface area contributed by atoms with Crippen molar-refractivity contribution in [1.82, 2.24) is 5.32 Å². The Balaban J connectivity index is 2.70. The lowest BCUT2D eigenvalue weighted by molar-refractivity contribution is -0.0462. The van der Waals surface area contributed by atoms with Crippen LogP contribution in [0.3, 0.4) is 0 Å². The van der Waals surface area contributed by atoms with Crippen LogP contribution >= 0.6 is 15.9 Å². The number of aliphatic hydroxyl groups is 1. The molecule has 4 N–H and O–H groups in total. The zero-order valence-electron chi connectivity index (χ0n) is 8.71. The van der Waals surface area contributed by atoms with Crippen LogP contribution in [-0.2, 0) is 0 Å². The molecule has 94 valence electrons. The Kier molecular flexibility index (Phi) is 4.41. The summed E-state index contributed by atoms with van der Waals surface area (Å²) >= 11 is 3.14. The number of nitrogens with two attached hydrogens (primary N) is 1. The van der Waals surface area contributed by atoms with Crippen LogP contribution in [0.1, 0.15) is 10.4 Å². The molecule has 0 aromatic heterocycles. The van der Waals surface area contributed by atoms with Crippen LogP contribution in [0.5, 0.6) is 0 Å². The van der Waals surface area contributed by atoms with Crippen molar-refractivity contribution in [1.29, 1.82) is 0 Å². The molecule has 0 unspecified atom stereocenters. The average molecular weight is 309 g/mol. The van der Waals surface area contributed by atoms with Crippen molar-refractivity contribution < 1.29 is 18.7 Å². The quantitative estimate of drug-likeness (QED) is 0.736. The van der Waals surface area contributed by atoms with E-state index >= 15 is 0 Å². The molecule has 0 radical (unpaired) electrons. The summed E-state index contributed by atoms with van der Waals surface area (Å²) in [7, 11) is 0. The lowest BCUT2D eigenvalue weighted by atomic mass is 10.2. The highest BCUT2D eigenvalue weighted by Gasteiger charge is 2.28. The Bertz CT molecular complexity index is 407. The number of carbonyl (C=O) groups is 1. The third-order valence-corrected chi connectivity index (χ3v) is 2.38. The molecular weight excluding hydrogens is 298 g/mol. The molecular formula is C10H11BrF2N2O2. The molecule has 4 nitrogen and oxygen atoms in total. The lowest BCUT2D eigenvalue weighted by Gasteiger charge is -2.14. The van der Waals surface area contributed by atoms with Crippen LogP contribution in [-0.4, -0.2) is 30.1 Å². The maximum absolute atomic E-state index is 12.7. The van der Waals surface area contributed by atoms with Gasteiger partial charge in [0.1, 0.15) is 6.61 Å². The SMILES string of the molecule is Nc1cc(Br)cc(C(=O)NCC(F)(F)CO)c1. The Morgan fingerprint density at radius 2 is 2.12 bits per heavy atom. The van der Waals surface area contributed by atoms with Crippen molar-refractivity contribution in [3.8, 4) is 0 Å². The van der Waals surface area contributed by atoms with Crippen LogP contribution < -0.4 is 11.1 Å². The van der Waals surface area contributed by atoms with Gasteiger partial charge < -0.3 is 16.2 Å². The van der Waals surface area contributed by atoms with Gasteiger partial charge in [-0.05, 0) is 18.2 Å². The van der Waals surface area contributed by atoms with Gasteiger partial charge in [0, 0.05) is 15.7 Å². The molecule has 1 aromatic carbocycles. The van der Waals surface area contributed by atoms with E-state index in [0.717, 1.165) is 0 Å². The van der Waals surface area contributed by atoms with Crippen LogP contribution in [0.2, 0.25) is 0 Å². The van der Waals surface area contributed by atoms with Gasteiger partial charge in [0.15, 0.2) is 0 Å². The minimum atomic E-state index is -3.33. The lowest BCUT2D eigenvalue weighted by Crippen LogP contribution is -2.39. The first-order valence-electron chi connectivity index (χ1n) is 4.67. The number of aliphatic hydroxyl groups excluding tert-OH is 1. The number of amides is 1. The Hall–Kier alpha value is -1.21. The van der Waals surface area contributed by atoms with Crippen LogP contribution in [0.25, 0.3) is 0 Å². The van der Waals surface area contributed by atoms with Gasteiger partial charge in [-0.15, -0.1) is 0 Å². The molecule has 0 aliphatic rings. The zero-order valence-corrected chi connectivity index (χ0v) is 10.3. The smallest absolute Gasteiger partial charge is 0.287 e. The standard InChI is InChI=1S/C10H11BrF2N2O2/c11-7-1-6(2-8(14)3-7)9(17)15-4-10(12,13)5-16/h1-3,16H,4-5,14H2,(H,15,17). The minimum absolute atomic E-state index is 0.172. The molecule has 0 spiro atoms. The number of anilines is 1. The first kappa shape index (κ1) is 13.9. The predicted octanol–water partition coefficient (Wildman–Crippen LogP) is 1.39. The van der Waals surface area contributed by atoms with E-state index in [2.05, 4.69) is 15.9 Å². The summed E-state index contributed by atoms with van der Waals surface area (Å²) in [5.41, 5.74) is 6.02. The van der Waals surface area contributed by atoms with Gasteiger partial charge in [-0.1, -0.05) is 15.9 Å². The number of alkyl halides is 2. The maximum Gasteiger partial charge on any atom is 0.287 e. The maximum atomic E-state index is 12.7. The number of carbonyl (C=O) groups excluding carboxylic acids is 1. The van der Waals surface area contributed by atoms with Crippen LogP contribution in [0.15, 0.2) is 22.7 Å². The molecule has 1 amide bonds. The van der Waals surface area contributed by atoms with Gasteiger partial charge >= 0.3 is 0 Å². The third kappa shape index (κ3) is 4.27. The Morgan fingerprint density at radius 3 is 2.65 bits per heavy atom. The summed E-state index contributed by atoms with van der Waals surface area (Å²) in [5.74, 6) is -4.00. The number of nitrogen functional groups attached to an aromatic ring is 1. The molecule has 7 heteroatoms. The van der Waals surface area contributed by atoms with Crippen molar-refractivity contribution in [2.45, 2.75) is 5.92 Å². The largest absolute Gasteiger partial charge is 0.399 e. The summed E-state index contributed by atoms with van der Waals surface area (Å²) in [6.45, 7) is -2.23. The number of hydrogen-bond donors (Lipinski definition) is 3. The minimum Gasteiger partial charge on any atom is -0.399 e. The van der Waals surface area contributed by atoms with E-state index in [1.807, 2.05) is 5.32 Å². The predicted molar refractivity (Wildman–Crippen MR) is 62.9 cm³/mol. The highest BCUT2D eigenvalue weighted by atomic mass is 79.9. The second-order valence-corrected chi connectivity index (χ2v) is 4.39. The first-order chi connectivity index (χ1) is 7.84. The summed E-state index contributed by atoms with van der Waals surface area (Å²) in [6.07, 6.45) is 0. The zero-order chi connectivity index (χ0) is 13.1. The second-order valence-electron chi connectivity index (χ2n) is 3.47.